The van der Waals surface area contributed by atoms with Crippen molar-refractivity contribution in [1.82, 2.24) is 15.2 Å². The highest BCUT2D eigenvalue weighted by Crippen LogP contribution is 2.21. The van der Waals surface area contributed by atoms with Gasteiger partial charge >= 0.3 is 5.97 Å². The summed E-state index contributed by atoms with van der Waals surface area (Å²) in [6.45, 7) is 3.20. The van der Waals surface area contributed by atoms with Gasteiger partial charge < -0.3 is 10.1 Å². The first-order valence-corrected chi connectivity index (χ1v) is 7.88. The Hall–Kier alpha value is -2.68. The Labute approximate surface area is 142 Å². The number of H-pyrrole nitrogens is 1. The number of benzene rings is 1. The molecule has 9 heteroatoms. The molecule has 0 fully saturated rings. The molecular formula is C15H16N4O4S. The number of nitrogens with zero attached hydrogens (tertiary/aromatic N) is 2. The van der Waals surface area contributed by atoms with E-state index in [9.17, 15) is 14.4 Å². The van der Waals surface area contributed by atoms with E-state index in [0.29, 0.717) is 5.69 Å². The molecule has 0 bridgehead atoms. The lowest BCUT2D eigenvalue weighted by molar-refractivity contribution is -0.115. The van der Waals surface area contributed by atoms with Crippen molar-refractivity contribution in [2.45, 2.75) is 24.3 Å². The molecule has 0 saturated carbocycles. The lowest BCUT2D eigenvalue weighted by atomic mass is 10.2. The number of aryl methyl sites for hydroxylation is 1. The maximum absolute atomic E-state index is 12.3. The van der Waals surface area contributed by atoms with Crippen LogP contribution < -0.4 is 10.9 Å². The summed E-state index contributed by atoms with van der Waals surface area (Å²) in [6.07, 6.45) is 0. The average molecular weight is 348 g/mol. The van der Waals surface area contributed by atoms with Crippen molar-refractivity contribution >= 4 is 29.3 Å². The van der Waals surface area contributed by atoms with E-state index in [1.54, 1.807) is 38.1 Å². The first-order chi connectivity index (χ1) is 11.4. The fourth-order valence-corrected chi connectivity index (χ4v) is 2.51. The number of amides is 1. The number of thioether (sulfide) groups is 1. The molecule has 2 rings (SSSR count). The molecule has 0 aliphatic heterocycles. The van der Waals surface area contributed by atoms with Crippen molar-refractivity contribution < 1.29 is 14.3 Å². The summed E-state index contributed by atoms with van der Waals surface area (Å²) >= 11 is 1.06. The van der Waals surface area contributed by atoms with Crippen molar-refractivity contribution in [1.29, 1.82) is 0 Å². The molecule has 0 saturated heterocycles. The number of methoxy groups -OCH3 is 1. The summed E-state index contributed by atoms with van der Waals surface area (Å²) in [6, 6.07) is 6.53. The van der Waals surface area contributed by atoms with Gasteiger partial charge in [-0.1, -0.05) is 23.9 Å². The molecule has 1 aromatic carbocycles. The van der Waals surface area contributed by atoms with Crippen LogP contribution in [0.1, 0.15) is 23.0 Å². The Balaban J connectivity index is 2.10. The third-order valence-electron chi connectivity index (χ3n) is 3.09. The second-order valence-corrected chi connectivity index (χ2v) is 6.16. The van der Waals surface area contributed by atoms with Gasteiger partial charge in [0.1, 0.15) is 5.69 Å². The van der Waals surface area contributed by atoms with Gasteiger partial charge in [-0.25, -0.2) is 4.79 Å². The van der Waals surface area contributed by atoms with Gasteiger partial charge in [-0.15, -0.1) is 10.2 Å². The van der Waals surface area contributed by atoms with Crippen LogP contribution in [0, 0.1) is 6.92 Å². The molecule has 0 spiro atoms. The van der Waals surface area contributed by atoms with Crippen LogP contribution >= 0.6 is 11.8 Å². The standard InChI is InChI=1S/C15H16N4O4S/c1-8-12(20)17-15(19-18-8)24-9(2)13(21)16-11-7-5-4-6-10(11)14(22)23-3/h4-7,9H,1-3H3,(H,16,21)(H,17,19,20). The normalized spacial score (nSPS) is 11.6. The minimum absolute atomic E-state index is 0.245. The number of anilines is 1. The van der Waals surface area contributed by atoms with Crippen LogP contribution in [0.25, 0.3) is 0 Å². The number of carbonyl (C=O) groups is 2. The zero-order valence-electron chi connectivity index (χ0n) is 13.3. The molecule has 1 unspecified atom stereocenters. The Morgan fingerprint density at radius 1 is 1.29 bits per heavy atom. The lowest BCUT2D eigenvalue weighted by Crippen LogP contribution is -2.25. The van der Waals surface area contributed by atoms with Crippen LogP contribution in [0.5, 0.6) is 0 Å². The average Bonchev–Trinajstić information content (AvgIpc) is 2.58. The lowest BCUT2D eigenvalue weighted by Gasteiger charge is -2.13. The van der Waals surface area contributed by atoms with Gasteiger partial charge in [0.15, 0.2) is 5.16 Å². The third kappa shape index (κ3) is 4.19. The van der Waals surface area contributed by atoms with Crippen molar-refractivity contribution in [3.05, 3.63) is 45.9 Å². The quantitative estimate of drug-likeness (QED) is 0.620. The molecule has 1 heterocycles. The number of hydrogen-bond acceptors (Lipinski definition) is 7. The summed E-state index contributed by atoms with van der Waals surface area (Å²) < 4.78 is 4.69. The van der Waals surface area contributed by atoms with E-state index in [0.717, 1.165) is 11.8 Å². The van der Waals surface area contributed by atoms with Gasteiger partial charge in [-0.2, -0.15) is 0 Å². The second kappa shape index (κ2) is 7.73. The van der Waals surface area contributed by atoms with Crippen molar-refractivity contribution in [2.75, 3.05) is 12.4 Å². The molecule has 24 heavy (non-hydrogen) atoms. The number of aromatic nitrogens is 3. The molecule has 0 radical (unpaired) electrons. The smallest absolute Gasteiger partial charge is 0.339 e. The highest BCUT2D eigenvalue weighted by molar-refractivity contribution is 8.00. The number of esters is 1. The minimum Gasteiger partial charge on any atom is -0.465 e. The van der Waals surface area contributed by atoms with E-state index < -0.39 is 11.2 Å². The molecular weight excluding hydrogens is 332 g/mol. The van der Waals surface area contributed by atoms with Crippen LogP contribution in [-0.4, -0.2) is 39.4 Å². The van der Waals surface area contributed by atoms with E-state index in [1.165, 1.54) is 7.11 Å². The summed E-state index contributed by atoms with van der Waals surface area (Å²) in [5.41, 5.74) is 0.513. The predicted octanol–water partition coefficient (Wildman–Crippen LogP) is 1.38. The fraction of sp³-hybridized carbons (Fsp3) is 0.267. The van der Waals surface area contributed by atoms with E-state index in [2.05, 4.69) is 25.2 Å². The maximum atomic E-state index is 12.3. The highest BCUT2D eigenvalue weighted by atomic mass is 32.2. The molecule has 2 N–H and O–H groups in total. The first kappa shape index (κ1) is 17.7. The number of nitrogens with one attached hydrogen (secondary N) is 2. The molecule has 0 aliphatic carbocycles. The van der Waals surface area contributed by atoms with E-state index >= 15 is 0 Å². The monoisotopic (exact) mass is 348 g/mol. The Morgan fingerprint density at radius 2 is 2.00 bits per heavy atom. The van der Waals surface area contributed by atoms with E-state index in [1.807, 2.05) is 0 Å². The fourth-order valence-electron chi connectivity index (χ4n) is 1.77. The second-order valence-electron chi connectivity index (χ2n) is 4.83. The summed E-state index contributed by atoms with van der Waals surface area (Å²) in [5, 5.41) is 9.90. The molecule has 0 aliphatic rings. The number of para-hydroxylation sites is 1. The van der Waals surface area contributed by atoms with Crippen LogP contribution in [0.15, 0.2) is 34.2 Å². The number of rotatable bonds is 5. The summed E-state index contributed by atoms with van der Waals surface area (Å²) in [7, 11) is 1.27. The largest absolute Gasteiger partial charge is 0.465 e. The Kier molecular flexibility index (Phi) is 5.69. The summed E-state index contributed by atoms with van der Waals surface area (Å²) in [4.78, 5) is 38.1. The molecule has 126 valence electrons. The number of carbonyl (C=O) groups excluding carboxylic acids is 2. The van der Waals surface area contributed by atoms with Gasteiger partial charge in [-0.05, 0) is 26.0 Å². The zero-order valence-corrected chi connectivity index (χ0v) is 14.1. The van der Waals surface area contributed by atoms with Gasteiger partial charge in [0.2, 0.25) is 5.91 Å². The maximum Gasteiger partial charge on any atom is 0.339 e. The summed E-state index contributed by atoms with van der Waals surface area (Å²) in [5.74, 6) is -0.889. The van der Waals surface area contributed by atoms with Crippen molar-refractivity contribution in [3.63, 3.8) is 0 Å². The molecule has 1 atom stereocenters. The van der Waals surface area contributed by atoms with Crippen LogP contribution in [0.3, 0.4) is 0 Å². The van der Waals surface area contributed by atoms with Crippen LogP contribution in [0.2, 0.25) is 0 Å². The van der Waals surface area contributed by atoms with E-state index in [-0.39, 0.29) is 27.9 Å². The molecule has 1 aromatic heterocycles. The topological polar surface area (TPSA) is 114 Å². The Bertz CT molecular complexity index is 821. The van der Waals surface area contributed by atoms with Crippen molar-refractivity contribution in [3.8, 4) is 0 Å². The van der Waals surface area contributed by atoms with Gasteiger partial charge in [-0.3, -0.25) is 14.6 Å². The number of hydrogen-bond donors (Lipinski definition) is 2. The Morgan fingerprint density at radius 3 is 2.67 bits per heavy atom. The minimum atomic E-state index is -0.566. The molecule has 1 amide bonds. The molecule has 2 aromatic rings. The van der Waals surface area contributed by atoms with Crippen molar-refractivity contribution in [2.24, 2.45) is 0 Å². The highest BCUT2D eigenvalue weighted by Gasteiger charge is 2.19. The predicted molar refractivity (Wildman–Crippen MR) is 89.1 cm³/mol. The first-order valence-electron chi connectivity index (χ1n) is 7.01. The number of aromatic amines is 1. The van der Waals surface area contributed by atoms with E-state index in [4.69, 9.17) is 0 Å². The zero-order chi connectivity index (χ0) is 17.7. The van der Waals surface area contributed by atoms with Crippen LogP contribution in [-0.2, 0) is 9.53 Å². The van der Waals surface area contributed by atoms with Gasteiger partial charge in [0.05, 0.1) is 23.6 Å². The third-order valence-corrected chi connectivity index (χ3v) is 4.06. The molecule has 8 nitrogen and oxygen atoms in total. The number of ether oxygens (including phenoxy) is 1. The van der Waals surface area contributed by atoms with Gasteiger partial charge in [0, 0.05) is 0 Å². The van der Waals surface area contributed by atoms with Crippen LogP contribution in [0.4, 0.5) is 5.69 Å². The SMILES string of the molecule is COC(=O)c1ccccc1NC(=O)C(C)Sc1nnc(C)c(=O)[nH]1. The van der Waals surface area contributed by atoms with Gasteiger partial charge in [0.25, 0.3) is 5.56 Å².